The van der Waals surface area contributed by atoms with Crippen LogP contribution in [0, 0.1) is 12.8 Å². The first-order chi connectivity index (χ1) is 16.4. The molecule has 34 heavy (non-hydrogen) atoms. The van der Waals surface area contributed by atoms with E-state index in [0.29, 0.717) is 35.9 Å². The Bertz CT molecular complexity index is 1140. The van der Waals surface area contributed by atoms with Crippen LogP contribution in [0.5, 0.6) is 5.75 Å². The summed E-state index contributed by atoms with van der Waals surface area (Å²) in [6.45, 7) is 2.64. The minimum absolute atomic E-state index is 0.204. The fraction of sp³-hybridized carbons (Fsp3) is 0.423. The molecule has 1 fully saturated rings. The van der Waals surface area contributed by atoms with E-state index < -0.39 is 0 Å². The number of para-hydroxylation sites is 1. The molecule has 1 saturated carbocycles. The van der Waals surface area contributed by atoms with Crippen LogP contribution in [0.4, 0.5) is 22.2 Å². The monoisotopic (exact) mass is 462 g/mol. The number of nitrogens with zero attached hydrogens (tertiary/aromatic N) is 3. The molecule has 0 aliphatic heterocycles. The molecule has 2 aromatic carbocycles. The summed E-state index contributed by atoms with van der Waals surface area (Å²) in [6, 6.07) is 13.9. The Kier molecular flexibility index (Phi) is 7.35. The lowest BCUT2D eigenvalue weighted by molar-refractivity contribution is 0.246. The van der Waals surface area contributed by atoms with Gasteiger partial charge in [0.25, 0.3) is 0 Å². The fourth-order valence-corrected chi connectivity index (χ4v) is 4.48. The molecule has 0 atom stereocenters. The molecular formula is C26H34N6O2. The fourth-order valence-electron chi connectivity index (χ4n) is 4.48. The van der Waals surface area contributed by atoms with Gasteiger partial charge in [-0.3, -0.25) is 0 Å². The van der Waals surface area contributed by atoms with Crippen LogP contribution in [-0.2, 0) is 0 Å². The Balaban J connectivity index is 1.28. The Labute approximate surface area is 201 Å². The van der Waals surface area contributed by atoms with Gasteiger partial charge in [-0.2, -0.15) is 4.98 Å². The molecule has 2 amide bonds. The second kappa shape index (κ2) is 10.6. The summed E-state index contributed by atoms with van der Waals surface area (Å²) in [6.07, 6.45) is 4.12. The van der Waals surface area contributed by atoms with Crippen molar-refractivity contribution in [2.45, 2.75) is 38.6 Å². The number of hydrogen-bond acceptors (Lipinski definition) is 6. The van der Waals surface area contributed by atoms with Gasteiger partial charge in [-0.1, -0.05) is 18.2 Å². The molecule has 3 N–H and O–H groups in total. The zero-order chi connectivity index (χ0) is 24.1. The summed E-state index contributed by atoms with van der Waals surface area (Å²) < 4.78 is 5.34. The molecule has 0 bridgehead atoms. The number of nitrogens with one attached hydrogen (secondary N) is 3. The van der Waals surface area contributed by atoms with Crippen LogP contribution in [0.15, 0.2) is 42.5 Å². The van der Waals surface area contributed by atoms with E-state index in [0.717, 1.165) is 48.0 Å². The van der Waals surface area contributed by atoms with Crippen molar-refractivity contribution in [3.8, 4) is 5.75 Å². The number of rotatable bonds is 7. The minimum atomic E-state index is -0.204. The molecule has 0 spiro atoms. The topological polar surface area (TPSA) is 91.4 Å². The molecule has 0 unspecified atom stereocenters. The second-order valence-corrected chi connectivity index (χ2v) is 9.18. The number of benzene rings is 2. The van der Waals surface area contributed by atoms with E-state index in [9.17, 15) is 4.79 Å². The number of aromatic nitrogens is 2. The van der Waals surface area contributed by atoms with E-state index in [4.69, 9.17) is 14.7 Å². The molecular weight excluding hydrogens is 428 g/mol. The van der Waals surface area contributed by atoms with Gasteiger partial charge >= 0.3 is 6.03 Å². The third-order valence-corrected chi connectivity index (χ3v) is 6.34. The summed E-state index contributed by atoms with van der Waals surface area (Å²) in [5.74, 6) is 2.71. The molecule has 4 rings (SSSR count). The van der Waals surface area contributed by atoms with E-state index in [1.807, 2.05) is 62.3 Å². The number of amides is 2. The van der Waals surface area contributed by atoms with E-state index >= 15 is 0 Å². The summed E-state index contributed by atoms with van der Waals surface area (Å²) in [4.78, 5) is 23.9. The predicted octanol–water partition coefficient (Wildman–Crippen LogP) is 4.81. The van der Waals surface area contributed by atoms with Gasteiger partial charge in [-0.05, 0) is 68.4 Å². The number of aryl methyl sites for hydroxylation is 1. The molecule has 1 aromatic heterocycles. The Morgan fingerprint density at radius 3 is 2.59 bits per heavy atom. The van der Waals surface area contributed by atoms with Crippen molar-refractivity contribution in [2.75, 3.05) is 43.3 Å². The standard InChI is InChI=1S/C26H34N6O2/c1-17-9-14-23(34-4)22(15-17)30-26(33)27-16-18-10-12-19(13-11-18)28-25-29-21-8-6-5-7-20(21)24(31-25)32(2)3/h5-9,14-15,18-19H,10-13,16H2,1-4H3,(H2,27,30,33)(H,28,29,31). The number of urea groups is 1. The number of hydrogen-bond donors (Lipinski definition) is 3. The van der Waals surface area contributed by atoms with Gasteiger partial charge in [-0.15, -0.1) is 0 Å². The first-order valence-electron chi connectivity index (χ1n) is 11.8. The van der Waals surface area contributed by atoms with Gasteiger partial charge in [0.1, 0.15) is 11.6 Å². The van der Waals surface area contributed by atoms with Gasteiger partial charge < -0.3 is 25.6 Å². The molecule has 3 aromatic rings. The van der Waals surface area contributed by atoms with Crippen molar-refractivity contribution in [3.05, 3.63) is 48.0 Å². The largest absolute Gasteiger partial charge is 0.495 e. The quantitative estimate of drug-likeness (QED) is 0.467. The van der Waals surface area contributed by atoms with Crippen molar-refractivity contribution < 1.29 is 9.53 Å². The zero-order valence-corrected chi connectivity index (χ0v) is 20.4. The van der Waals surface area contributed by atoms with Gasteiger partial charge in [0, 0.05) is 32.1 Å². The molecule has 0 saturated heterocycles. The van der Waals surface area contributed by atoms with Crippen molar-refractivity contribution in [3.63, 3.8) is 0 Å². The maximum absolute atomic E-state index is 12.4. The van der Waals surface area contributed by atoms with Crippen LogP contribution in [0.3, 0.4) is 0 Å². The van der Waals surface area contributed by atoms with Crippen molar-refractivity contribution >= 4 is 34.4 Å². The van der Waals surface area contributed by atoms with E-state index in [1.54, 1.807) is 7.11 Å². The highest BCUT2D eigenvalue weighted by atomic mass is 16.5. The van der Waals surface area contributed by atoms with Crippen LogP contribution in [0.25, 0.3) is 10.9 Å². The first kappa shape index (κ1) is 23.6. The van der Waals surface area contributed by atoms with Crippen molar-refractivity contribution in [1.29, 1.82) is 0 Å². The smallest absolute Gasteiger partial charge is 0.319 e. The van der Waals surface area contributed by atoms with E-state index in [-0.39, 0.29) is 6.03 Å². The van der Waals surface area contributed by atoms with Crippen LogP contribution in [0.2, 0.25) is 0 Å². The van der Waals surface area contributed by atoms with Gasteiger partial charge in [0.2, 0.25) is 5.95 Å². The number of ether oxygens (including phenoxy) is 1. The highest BCUT2D eigenvalue weighted by molar-refractivity contribution is 5.91. The highest BCUT2D eigenvalue weighted by Gasteiger charge is 2.23. The SMILES string of the molecule is COc1ccc(C)cc1NC(=O)NCC1CCC(Nc2nc(N(C)C)c3ccccc3n2)CC1. The van der Waals surface area contributed by atoms with E-state index in [1.165, 1.54) is 0 Å². The highest BCUT2D eigenvalue weighted by Crippen LogP contribution is 2.29. The number of carbonyl (C=O) groups excluding carboxylic acids is 1. The first-order valence-corrected chi connectivity index (χ1v) is 11.8. The lowest BCUT2D eigenvalue weighted by atomic mass is 9.86. The Hall–Kier alpha value is -3.55. The summed E-state index contributed by atoms with van der Waals surface area (Å²) in [5.41, 5.74) is 2.69. The molecule has 8 nitrogen and oxygen atoms in total. The third-order valence-electron chi connectivity index (χ3n) is 6.34. The lowest BCUT2D eigenvalue weighted by Gasteiger charge is -2.29. The number of methoxy groups -OCH3 is 1. The zero-order valence-electron chi connectivity index (χ0n) is 20.4. The average molecular weight is 463 g/mol. The minimum Gasteiger partial charge on any atom is -0.495 e. The maximum atomic E-state index is 12.4. The van der Waals surface area contributed by atoms with Gasteiger partial charge in [0.05, 0.1) is 18.3 Å². The molecule has 1 aliphatic carbocycles. The third kappa shape index (κ3) is 5.68. The van der Waals surface area contributed by atoms with Crippen molar-refractivity contribution in [2.24, 2.45) is 5.92 Å². The molecule has 1 heterocycles. The van der Waals surface area contributed by atoms with Crippen LogP contribution < -0.4 is 25.6 Å². The maximum Gasteiger partial charge on any atom is 0.319 e. The number of fused-ring (bicyclic) bond motifs is 1. The number of anilines is 3. The molecule has 0 radical (unpaired) electrons. The summed E-state index contributed by atoms with van der Waals surface area (Å²) in [5, 5.41) is 10.5. The molecule has 180 valence electrons. The second-order valence-electron chi connectivity index (χ2n) is 9.18. The van der Waals surface area contributed by atoms with Gasteiger partial charge in [-0.25, -0.2) is 9.78 Å². The van der Waals surface area contributed by atoms with E-state index in [2.05, 4.69) is 22.0 Å². The van der Waals surface area contributed by atoms with Gasteiger partial charge in [0.15, 0.2) is 0 Å². The predicted molar refractivity (Wildman–Crippen MR) is 138 cm³/mol. The average Bonchev–Trinajstić information content (AvgIpc) is 2.83. The molecule has 8 heteroatoms. The summed E-state index contributed by atoms with van der Waals surface area (Å²) >= 11 is 0. The normalized spacial score (nSPS) is 17.8. The van der Waals surface area contributed by atoms with Crippen LogP contribution >= 0.6 is 0 Å². The number of carbonyl (C=O) groups is 1. The lowest BCUT2D eigenvalue weighted by Crippen LogP contribution is -2.36. The Morgan fingerprint density at radius 2 is 1.85 bits per heavy atom. The Morgan fingerprint density at radius 1 is 1.09 bits per heavy atom. The van der Waals surface area contributed by atoms with Crippen LogP contribution in [0.1, 0.15) is 31.2 Å². The van der Waals surface area contributed by atoms with Crippen LogP contribution in [-0.4, -0.2) is 49.8 Å². The molecule has 1 aliphatic rings. The van der Waals surface area contributed by atoms with Crippen molar-refractivity contribution in [1.82, 2.24) is 15.3 Å². The summed E-state index contributed by atoms with van der Waals surface area (Å²) in [7, 11) is 5.61.